The SMILES string of the molecule is C1COCCO1.C1COCCO1.C[C]1[C](C)[C](C)[C](C)[C]1C.[CH2][CH][CH2].[CH2][CH][CH2].[CH2][CH][CH2].[La].[Li+]. The predicted molar refractivity (Wildman–Crippen MR) is 133 cm³/mol. The van der Waals surface area contributed by atoms with Crippen molar-refractivity contribution in [1.29, 1.82) is 0 Å². The molecule has 181 valence electrons. The molecule has 6 heteroatoms. The van der Waals surface area contributed by atoms with Crippen LogP contribution >= 0.6 is 0 Å². The first-order chi connectivity index (χ1) is 14.8. The molecule has 2 aliphatic heterocycles. The van der Waals surface area contributed by atoms with E-state index in [1.54, 1.807) is 0 Å². The van der Waals surface area contributed by atoms with E-state index < -0.39 is 0 Å². The molecule has 0 spiro atoms. The molecule has 0 unspecified atom stereocenters. The molecule has 0 aromatic heterocycles. The van der Waals surface area contributed by atoms with Gasteiger partial charge in [0, 0.05) is 35.6 Å². The van der Waals surface area contributed by atoms with Gasteiger partial charge >= 0.3 is 18.9 Å². The van der Waals surface area contributed by atoms with Crippen LogP contribution in [0.4, 0.5) is 0 Å². The van der Waals surface area contributed by atoms with Crippen LogP contribution < -0.4 is 18.9 Å². The van der Waals surface area contributed by atoms with Crippen LogP contribution in [0.1, 0.15) is 34.6 Å². The van der Waals surface area contributed by atoms with E-state index in [1.807, 2.05) is 0 Å². The van der Waals surface area contributed by atoms with Gasteiger partial charge in [-0.05, 0) is 90.4 Å². The molecular weight excluding hydrogens is 534 g/mol. The Hall–Kier alpha value is 1.63. The van der Waals surface area contributed by atoms with Gasteiger partial charge in [0.05, 0.1) is 52.9 Å². The Morgan fingerprint density at radius 3 is 0.576 bits per heavy atom. The summed E-state index contributed by atoms with van der Waals surface area (Å²) < 4.78 is 19.8. The van der Waals surface area contributed by atoms with Gasteiger partial charge in [0.2, 0.25) is 0 Å². The second-order valence-corrected chi connectivity index (χ2v) is 6.44. The fraction of sp³-hybridized carbons (Fsp3) is 0.481. The maximum atomic E-state index is 4.94. The quantitative estimate of drug-likeness (QED) is 0.413. The Balaban J connectivity index is -0.000000101. The summed E-state index contributed by atoms with van der Waals surface area (Å²) in [5.41, 5.74) is 0. The van der Waals surface area contributed by atoms with E-state index in [1.165, 1.54) is 48.9 Å². The average Bonchev–Trinajstić information content (AvgIpc) is 2.96. The minimum Gasteiger partial charge on any atom is -0.377 e. The van der Waals surface area contributed by atoms with Crippen LogP contribution in [0.2, 0.25) is 0 Å². The number of rotatable bonds is 0. The largest absolute Gasteiger partial charge is 1.00 e. The fourth-order valence-electron chi connectivity index (χ4n) is 2.29. The summed E-state index contributed by atoms with van der Waals surface area (Å²) in [5, 5.41) is 0. The van der Waals surface area contributed by atoms with Gasteiger partial charge < -0.3 is 18.9 Å². The first-order valence-electron chi connectivity index (χ1n) is 10.5. The van der Waals surface area contributed by atoms with Gasteiger partial charge in [-0.2, -0.15) is 0 Å². The molecule has 2 saturated heterocycles. The molecule has 0 aromatic rings. The molecule has 3 rings (SSSR count). The predicted octanol–water partition coefficient (Wildman–Crippen LogP) is 2.62. The molecule has 0 aromatic carbocycles. The summed E-state index contributed by atoms with van der Waals surface area (Å²) in [7, 11) is 0. The molecular formula is C27H46LaLiO4+. The van der Waals surface area contributed by atoms with Crippen LogP contribution in [0, 0.1) is 126 Å². The number of hydrogen-bond donors (Lipinski definition) is 0. The first-order valence-corrected chi connectivity index (χ1v) is 10.5. The Bertz CT molecular complexity index is 232. The van der Waals surface area contributed by atoms with E-state index in [9.17, 15) is 0 Å². The first kappa shape index (κ1) is 44.6. The van der Waals surface area contributed by atoms with Crippen molar-refractivity contribution in [2.24, 2.45) is 0 Å². The van der Waals surface area contributed by atoms with Crippen molar-refractivity contribution in [1.82, 2.24) is 0 Å². The normalized spacial score (nSPS) is 19.0. The average molecular weight is 581 g/mol. The zero-order chi connectivity index (χ0) is 24.5. The molecule has 1 aliphatic carbocycles. The van der Waals surface area contributed by atoms with Crippen molar-refractivity contribution in [3.8, 4) is 0 Å². The Morgan fingerprint density at radius 2 is 0.515 bits per heavy atom. The van der Waals surface area contributed by atoms with Crippen LogP contribution in [0.15, 0.2) is 0 Å². The van der Waals surface area contributed by atoms with Crippen molar-refractivity contribution in [2.75, 3.05) is 52.9 Å². The van der Waals surface area contributed by atoms with Crippen molar-refractivity contribution < 1.29 is 73.4 Å². The van der Waals surface area contributed by atoms with Gasteiger partial charge in [0.25, 0.3) is 0 Å². The number of hydrogen-bond acceptors (Lipinski definition) is 4. The monoisotopic (exact) mass is 580 g/mol. The Labute approximate surface area is 249 Å². The minimum atomic E-state index is 0. The van der Waals surface area contributed by atoms with E-state index in [-0.39, 0.29) is 54.5 Å². The summed E-state index contributed by atoms with van der Waals surface area (Å²) in [5.74, 6) is 7.34. The molecule has 15 radical (unpaired) electrons. The van der Waals surface area contributed by atoms with Gasteiger partial charge in [-0.15, -0.1) is 0 Å². The molecule has 0 amide bonds. The van der Waals surface area contributed by atoms with Gasteiger partial charge in [-0.25, -0.2) is 0 Å². The van der Waals surface area contributed by atoms with Crippen LogP contribution in [0.25, 0.3) is 0 Å². The molecule has 2 heterocycles. The third kappa shape index (κ3) is 29.8. The molecule has 0 bridgehead atoms. The van der Waals surface area contributed by atoms with E-state index in [4.69, 9.17) is 18.9 Å². The van der Waals surface area contributed by atoms with Gasteiger partial charge in [-0.1, -0.05) is 34.6 Å². The van der Waals surface area contributed by atoms with Crippen LogP contribution in [0.5, 0.6) is 0 Å². The topological polar surface area (TPSA) is 36.9 Å². The Kier molecular flexibility index (Phi) is 48.4. The summed E-state index contributed by atoms with van der Waals surface area (Å²) in [6, 6.07) is 0. The Morgan fingerprint density at radius 1 is 0.424 bits per heavy atom. The minimum absolute atomic E-state index is 0. The van der Waals surface area contributed by atoms with Crippen LogP contribution in [-0.2, 0) is 18.9 Å². The van der Waals surface area contributed by atoms with E-state index >= 15 is 0 Å². The maximum Gasteiger partial charge on any atom is 1.00 e. The van der Waals surface area contributed by atoms with Gasteiger partial charge in [-0.3, -0.25) is 0 Å². The molecule has 33 heavy (non-hydrogen) atoms. The smallest absolute Gasteiger partial charge is 0.377 e. The molecule has 4 nitrogen and oxygen atoms in total. The molecule has 1 saturated carbocycles. The van der Waals surface area contributed by atoms with E-state index in [0.29, 0.717) is 0 Å². The van der Waals surface area contributed by atoms with E-state index in [2.05, 4.69) is 76.2 Å². The van der Waals surface area contributed by atoms with Gasteiger partial charge in [0.1, 0.15) is 0 Å². The summed E-state index contributed by atoms with van der Waals surface area (Å²) in [6.45, 7) is 36.7. The molecule has 3 fully saturated rings. The summed E-state index contributed by atoms with van der Waals surface area (Å²) >= 11 is 0. The van der Waals surface area contributed by atoms with Crippen molar-refractivity contribution in [3.05, 3.63) is 90.4 Å². The molecule has 0 atom stereocenters. The zero-order valence-electron chi connectivity index (χ0n) is 22.3. The van der Waals surface area contributed by atoms with Crippen LogP contribution in [0.3, 0.4) is 0 Å². The second-order valence-electron chi connectivity index (χ2n) is 6.44. The summed E-state index contributed by atoms with van der Waals surface area (Å²) in [4.78, 5) is 0. The molecule has 0 N–H and O–H groups in total. The third-order valence-electron chi connectivity index (χ3n) is 4.30. The summed E-state index contributed by atoms with van der Waals surface area (Å²) in [6.07, 6.45) is 4.50. The fourth-order valence-corrected chi connectivity index (χ4v) is 2.29. The van der Waals surface area contributed by atoms with Gasteiger partial charge in [0.15, 0.2) is 0 Å². The maximum absolute atomic E-state index is 4.94. The third-order valence-corrected chi connectivity index (χ3v) is 4.30. The van der Waals surface area contributed by atoms with Crippen LogP contribution in [-0.4, -0.2) is 52.9 Å². The van der Waals surface area contributed by atoms with Crippen molar-refractivity contribution in [2.45, 2.75) is 34.6 Å². The number of ether oxygens (including phenoxy) is 4. The molecule has 3 aliphatic rings. The second kappa shape index (κ2) is 35.8. The zero-order valence-corrected chi connectivity index (χ0v) is 26.0. The standard InChI is InChI=1S/C10H15.2C4H8O2.3C3H5.La.Li/c1-6-7(2)9(4)10(5)8(6)3;2*1-2-6-4-3-5-1;3*1-3-2;;/h1-5H3;2*1-4H2;3*3H,1-2H2;;/q;;;;;;;+1. The van der Waals surface area contributed by atoms with Crippen molar-refractivity contribution >= 4 is 0 Å². The van der Waals surface area contributed by atoms with Crippen molar-refractivity contribution in [3.63, 3.8) is 0 Å². The van der Waals surface area contributed by atoms with E-state index in [0.717, 1.165) is 52.9 Å².